The second-order valence-corrected chi connectivity index (χ2v) is 6.16. The quantitative estimate of drug-likeness (QED) is 0.821. The molecular formula is C16H19N3O3S. The average molecular weight is 333 g/mol. The molecule has 0 atom stereocenters. The molecule has 1 amide bonds. The van der Waals surface area contributed by atoms with Crippen molar-refractivity contribution in [3.05, 3.63) is 24.4 Å². The van der Waals surface area contributed by atoms with E-state index in [4.69, 9.17) is 15.2 Å². The van der Waals surface area contributed by atoms with E-state index in [1.165, 1.54) is 11.8 Å². The van der Waals surface area contributed by atoms with Crippen LogP contribution in [-0.4, -0.2) is 34.4 Å². The molecule has 23 heavy (non-hydrogen) atoms. The highest BCUT2D eigenvalue weighted by atomic mass is 32.2. The van der Waals surface area contributed by atoms with Gasteiger partial charge in [-0.15, -0.1) is 0 Å². The van der Waals surface area contributed by atoms with Crippen LogP contribution in [0.15, 0.2) is 29.6 Å². The first-order chi connectivity index (χ1) is 11.2. The van der Waals surface area contributed by atoms with E-state index >= 15 is 0 Å². The second kappa shape index (κ2) is 6.95. The Hall–Kier alpha value is -2.15. The number of carbonyl (C=O) groups is 1. The van der Waals surface area contributed by atoms with E-state index in [-0.39, 0.29) is 5.91 Å². The summed E-state index contributed by atoms with van der Waals surface area (Å²) < 4.78 is 13.3. The molecule has 2 heterocycles. The number of amides is 1. The minimum atomic E-state index is -0.292. The number of thioether (sulfide) groups is 1. The van der Waals surface area contributed by atoms with Gasteiger partial charge in [0.25, 0.3) is 0 Å². The molecular weight excluding hydrogens is 314 g/mol. The van der Waals surface area contributed by atoms with Gasteiger partial charge in [0.05, 0.1) is 11.9 Å². The molecule has 0 bridgehead atoms. The van der Waals surface area contributed by atoms with E-state index in [0.29, 0.717) is 25.4 Å². The first kappa shape index (κ1) is 15.7. The van der Waals surface area contributed by atoms with Gasteiger partial charge < -0.3 is 19.8 Å². The smallest absolute Gasteiger partial charge is 0.218 e. The summed E-state index contributed by atoms with van der Waals surface area (Å²) in [6.07, 6.45) is 2.20. The number of hydrogen-bond acceptors (Lipinski definition) is 5. The van der Waals surface area contributed by atoms with Gasteiger partial charge in [-0.3, -0.25) is 4.79 Å². The molecule has 0 spiro atoms. The van der Waals surface area contributed by atoms with Crippen LogP contribution in [0.4, 0.5) is 0 Å². The number of rotatable bonds is 6. The number of hydrogen-bond donors (Lipinski definition) is 1. The molecule has 0 fully saturated rings. The van der Waals surface area contributed by atoms with Crippen molar-refractivity contribution < 1.29 is 14.3 Å². The highest BCUT2D eigenvalue weighted by Crippen LogP contribution is 2.35. The SMILES string of the molecule is CCn1c(-c2ccc3c(c2)OCCO3)cnc1SCCC(N)=O. The van der Waals surface area contributed by atoms with Gasteiger partial charge in [0.1, 0.15) is 13.2 Å². The Balaban J connectivity index is 1.85. The summed E-state index contributed by atoms with van der Waals surface area (Å²) in [4.78, 5) is 15.3. The van der Waals surface area contributed by atoms with E-state index in [1.807, 2.05) is 24.4 Å². The fourth-order valence-corrected chi connectivity index (χ4v) is 3.45. The van der Waals surface area contributed by atoms with Gasteiger partial charge in [-0.1, -0.05) is 11.8 Å². The summed E-state index contributed by atoms with van der Waals surface area (Å²) in [6.45, 7) is 4.02. The summed E-state index contributed by atoms with van der Waals surface area (Å²) in [6, 6.07) is 5.92. The minimum absolute atomic E-state index is 0.292. The summed E-state index contributed by atoms with van der Waals surface area (Å²) >= 11 is 1.54. The molecule has 0 aliphatic carbocycles. The molecule has 7 heteroatoms. The molecule has 122 valence electrons. The number of nitrogens with two attached hydrogens (primary N) is 1. The van der Waals surface area contributed by atoms with Crippen molar-refractivity contribution in [1.29, 1.82) is 0 Å². The fraction of sp³-hybridized carbons (Fsp3) is 0.375. The van der Waals surface area contributed by atoms with E-state index < -0.39 is 0 Å². The molecule has 3 rings (SSSR count). The maximum Gasteiger partial charge on any atom is 0.218 e. The first-order valence-electron chi connectivity index (χ1n) is 7.55. The van der Waals surface area contributed by atoms with Crippen molar-refractivity contribution in [3.63, 3.8) is 0 Å². The summed E-state index contributed by atoms with van der Waals surface area (Å²) in [5.41, 5.74) is 7.24. The van der Waals surface area contributed by atoms with Crippen LogP contribution in [0.3, 0.4) is 0 Å². The standard InChI is InChI=1S/C16H19N3O3S/c1-2-19-12(10-18-16(19)23-8-5-15(17)20)11-3-4-13-14(9-11)22-7-6-21-13/h3-4,9-10H,2,5-8H2,1H3,(H2,17,20). The zero-order valence-electron chi connectivity index (χ0n) is 12.9. The number of aromatic nitrogens is 2. The van der Waals surface area contributed by atoms with Gasteiger partial charge in [-0.25, -0.2) is 4.98 Å². The predicted molar refractivity (Wildman–Crippen MR) is 88.9 cm³/mol. The number of ether oxygens (including phenoxy) is 2. The van der Waals surface area contributed by atoms with Crippen LogP contribution in [0, 0.1) is 0 Å². The molecule has 6 nitrogen and oxygen atoms in total. The number of fused-ring (bicyclic) bond motifs is 1. The van der Waals surface area contributed by atoms with Gasteiger partial charge in [0.2, 0.25) is 5.91 Å². The monoisotopic (exact) mass is 333 g/mol. The third-order valence-corrected chi connectivity index (χ3v) is 4.55. The third-order valence-electron chi connectivity index (χ3n) is 3.55. The Morgan fingerprint density at radius 3 is 2.87 bits per heavy atom. The van der Waals surface area contributed by atoms with E-state index in [1.54, 1.807) is 0 Å². The summed E-state index contributed by atoms with van der Waals surface area (Å²) in [7, 11) is 0. The van der Waals surface area contributed by atoms with Crippen LogP contribution in [-0.2, 0) is 11.3 Å². The topological polar surface area (TPSA) is 79.4 Å². The lowest BCUT2D eigenvalue weighted by atomic mass is 10.1. The number of benzene rings is 1. The predicted octanol–water partition coefficient (Wildman–Crippen LogP) is 2.31. The zero-order valence-corrected chi connectivity index (χ0v) is 13.8. The third kappa shape index (κ3) is 3.44. The van der Waals surface area contributed by atoms with Gasteiger partial charge in [0.15, 0.2) is 16.7 Å². The highest BCUT2D eigenvalue weighted by Gasteiger charge is 2.16. The maximum absolute atomic E-state index is 10.9. The molecule has 1 aliphatic rings. The van der Waals surface area contributed by atoms with Gasteiger partial charge in [-0.05, 0) is 25.1 Å². The lowest BCUT2D eigenvalue weighted by Crippen LogP contribution is -2.15. The van der Waals surface area contributed by atoms with Crippen molar-refractivity contribution in [2.24, 2.45) is 5.73 Å². The molecule has 0 radical (unpaired) electrons. The van der Waals surface area contributed by atoms with E-state index in [2.05, 4.69) is 16.5 Å². The summed E-state index contributed by atoms with van der Waals surface area (Å²) in [5.74, 6) is 1.88. The molecule has 0 unspecified atom stereocenters. The number of nitrogens with zero attached hydrogens (tertiary/aromatic N) is 2. The fourth-order valence-electron chi connectivity index (χ4n) is 2.46. The van der Waals surface area contributed by atoms with E-state index in [0.717, 1.165) is 34.5 Å². The highest BCUT2D eigenvalue weighted by molar-refractivity contribution is 7.99. The Morgan fingerprint density at radius 1 is 1.35 bits per heavy atom. The van der Waals surface area contributed by atoms with Crippen molar-refractivity contribution in [2.75, 3.05) is 19.0 Å². The maximum atomic E-state index is 10.9. The van der Waals surface area contributed by atoms with Crippen molar-refractivity contribution in [3.8, 4) is 22.8 Å². The lowest BCUT2D eigenvalue weighted by molar-refractivity contribution is -0.117. The molecule has 2 aromatic rings. The van der Waals surface area contributed by atoms with Crippen LogP contribution < -0.4 is 15.2 Å². The van der Waals surface area contributed by atoms with E-state index in [9.17, 15) is 4.79 Å². The number of primary amides is 1. The molecule has 0 saturated heterocycles. The molecule has 2 N–H and O–H groups in total. The number of imidazole rings is 1. The normalized spacial score (nSPS) is 13.1. The first-order valence-corrected chi connectivity index (χ1v) is 8.54. The van der Waals surface area contributed by atoms with Gasteiger partial charge in [-0.2, -0.15) is 0 Å². The Bertz CT molecular complexity index is 715. The number of carbonyl (C=O) groups excluding carboxylic acids is 1. The molecule has 0 saturated carbocycles. The Kier molecular flexibility index (Phi) is 4.76. The minimum Gasteiger partial charge on any atom is -0.486 e. The Labute approximate surface area is 139 Å². The summed E-state index contributed by atoms with van der Waals surface area (Å²) in [5, 5.41) is 0.888. The average Bonchev–Trinajstić information content (AvgIpc) is 2.97. The zero-order chi connectivity index (χ0) is 16.2. The van der Waals surface area contributed by atoms with Crippen molar-refractivity contribution in [2.45, 2.75) is 25.0 Å². The Morgan fingerprint density at radius 2 is 2.13 bits per heavy atom. The van der Waals surface area contributed by atoms with Crippen molar-refractivity contribution in [1.82, 2.24) is 9.55 Å². The van der Waals surface area contributed by atoms with Gasteiger partial charge in [0, 0.05) is 24.3 Å². The molecule has 1 aromatic carbocycles. The van der Waals surface area contributed by atoms with Crippen LogP contribution in [0.5, 0.6) is 11.5 Å². The molecule has 1 aliphatic heterocycles. The van der Waals surface area contributed by atoms with Crippen LogP contribution in [0.25, 0.3) is 11.3 Å². The van der Waals surface area contributed by atoms with Gasteiger partial charge >= 0.3 is 0 Å². The van der Waals surface area contributed by atoms with Crippen LogP contribution >= 0.6 is 11.8 Å². The lowest BCUT2D eigenvalue weighted by Gasteiger charge is -2.19. The molecule has 1 aromatic heterocycles. The van der Waals surface area contributed by atoms with Crippen LogP contribution in [0.1, 0.15) is 13.3 Å². The second-order valence-electron chi connectivity index (χ2n) is 5.09. The van der Waals surface area contributed by atoms with Crippen molar-refractivity contribution >= 4 is 17.7 Å². The van der Waals surface area contributed by atoms with Crippen LogP contribution in [0.2, 0.25) is 0 Å². The largest absolute Gasteiger partial charge is 0.486 e.